The van der Waals surface area contributed by atoms with Crippen molar-refractivity contribution < 1.29 is 9.84 Å². The maximum atomic E-state index is 9.60. The molecule has 1 aliphatic heterocycles. The van der Waals surface area contributed by atoms with Crippen molar-refractivity contribution in [1.82, 2.24) is 0 Å². The van der Waals surface area contributed by atoms with Crippen LogP contribution in [-0.2, 0) is 4.74 Å². The van der Waals surface area contributed by atoms with Crippen LogP contribution in [0, 0.1) is 5.92 Å². The minimum absolute atomic E-state index is 0.117. The van der Waals surface area contributed by atoms with E-state index in [0.29, 0.717) is 5.92 Å². The summed E-state index contributed by atoms with van der Waals surface area (Å²) in [6.45, 7) is 1.66. The second-order valence-electron chi connectivity index (χ2n) is 2.97. The Morgan fingerprint density at radius 2 is 2.18 bits per heavy atom. The van der Waals surface area contributed by atoms with Gasteiger partial charge >= 0.3 is 0 Å². The van der Waals surface area contributed by atoms with Crippen molar-refractivity contribution in [1.29, 1.82) is 0 Å². The first-order valence-electron chi connectivity index (χ1n) is 4.09. The average molecular weight is 176 g/mol. The lowest BCUT2D eigenvalue weighted by molar-refractivity contribution is 0.0169. The molecule has 1 unspecified atom stereocenters. The Kier molecular flexibility index (Phi) is 4.26. The van der Waals surface area contributed by atoms with Crippen LogP contribution in [0.15, 0.2) is 0 Å². The molecule has 0 aromatic rings. The Morgan fingerprint density at radius 3 is 2.73 bits per heavy atom. The molecule has 0 aromatic carbocycles. The van der Waals surface area contributed by atoms with Gasteiger partial charge in [-0.25, -0.2) is 0 Å². The van der Waals surface area contributed by atoms with Crippen LogP contribution >= 0.6 is 11.8 Å². The van der Waals surface area contributed by atoms with Gasteiger partial charge < -0.3 is 9.84 Å². The van der Waals surface area contributed by atoms with E-state index in [9.17, 15) is 5.11 Å². The maximum Gasteiger partial charge on any atom is 0.0660 e. The second kappa shape index (κ2) is 5.01. The smallest absolute Gasteiger partial charge is 0.0660 e. The van der Waals surface area contributed by atoms with Gasteiger partial charge in [0.05, 0.1) is 6.10 Å². The van der Waals surface area contributed by atoms with Gasteiger partial charge in [-0.3, -0.25) is 0 Å². The molecule has 66 valence electrons. The Balaban J connectivity index is 2.21. The molecular formula is C8H16O2S. The lowest BCUT2D eigenvalue weighted by Crippen LogP contribution is -2.28. The zero-order valence-corrected chi connectivity index (χ0v) is 7.77. The van der Waals surface area contributed by atoms with E-state index < -0.39 is 0 Å². The first-order valence-corrected chi connectivity index (χ1v) is 5.48. The van der Waals surface area contributed by atoms with Crippen molar-refractivity contribution in [2.45, 2.75) is 18.9 Å². The summed E-state index contributed by atoms with van der Waals surface area (Å²) in [7, 11) is 0. The molecule has 3 heteroatoms. The molecule has 0 spiro atoms. The summed E-state index contributed by atoms with van der Waals surface area (Å²) in [6.07, 6.45) is 3.97. The van der Waals surface area contributed by atoms with Crippen LogP contribution in [0.5, 0.6) is 0 Å². The van der Waals surface area contributed by atoms with Gasteiger partial charge in [-0.05, 0) is 25.0 Å². The first-order chi connectivity index (χ1) is 5.34. The standard InChI is InChI=1S/C8H16O2S/c1-11-6-8(9)7-2-4-10-5-3-7/h7-9H,2-6H2,1H3. The molecule has 1 heterocycles. The van der Waals surface area contributed by atoms with Crippen molar-refractivity contribution in [2.75, 3.05) is 25.2 Å². The highest BCUT2D eigenvalue weighted by Gasteiger charge is 2.21. The van der Waals surface area contributed by atoms with Crippen molar-refractivity contribution >= 4 is 11.8 Å². The molecule has 1 saturated heterocycles. The van der Waals surface area contributed by atoms with E-state index in [-0.39, 0.29) is 6.10 Å². The summed E-state index contributed by atoms with van der Waals surface area (Å²) in [6, 6.07) is 0. The van der Waals surface area contributed by atoms with E-state index in [4.69, 9.17) is 4.74 Å². The number of rotatable bonds is 3. The predicted octanol–water partition coefficient (Wildman–Crippen LogP) is 1.14. The van der Waals surface area contributed by atoms with Gasteiger partial charge in [-0.1, -0.05) is 0 Å². The van der Waals surface area contributed by atoms with E-state index in [0.717, 1.165) is 31.8 Å². The van der Waals surface area contributed by atoms with Crippen LogP contribution in [0.2, 0.25) is 0 Å². The summed E-state index contributed by atoms with van der Waals surface area (Å²) >= 11 is 1.71. The highest BCUT2D eigenvalue weighted by Crippen LogP contribution is 2.20. The lowest BCUT2D eigenvalue weighted by Gasteiger charge is -2.26. The Labute approximate surface area is 72.3 Å². The third-order valence-electron chi connectivity index (χ3n) is 2.15. The fraction of sp³-hybridized carbons (Fsp3) is 1.00. The zero-order chi connectivity index (χ0) is 8.10. The minimum atomic E-state index is -0.117. The summed E-state index contributed by atoms with van der Waals surface area (Å²) in [5.41, 5.74) is 0. The van der Waals surface area contributed by atoms with Crippen LogP contribution in [0.4, 0.5) is 0 Å². The molecule has 0 saturated carbocycles. The number of hydrogen-bond acceptors (Lipinski definition) is 3. The second-order valence-corrected chi connectivity index (χ2v) is 3.88. The maximum absolute atomic E-state index is 9.60. The molecule has 1 aliphatic rings. The molecule has 0 bridgehead atoms. The van der Waals surface area contributed by atoms with Crippen LogP contribution in [0.1, 0.15) is 12.8 Å². The number of aliphatic hydroxyl groups is 1. The molecule has 1 fully saturated rings. The molecule has 1 N–H and O–H groups in total. The van der Waals surface area contributed by atoms with E-state index in [1.54, 1.807) is 11.8 Å². The Hall–Kier alpha value is 0.270. The minimum Gasteiger partial charge on any atom is -0.392 e. The quantitative estimate of drug-likeness (QED) is 0.699. The van der Waals surface area contributed by atoms with Gasteiger partial charge in [0.25, 0.3) is 0 Å². The molecule has 0 amide bonds. The van der Waals surface area contributed by atoms with Crippen molar-refractivity contribution in [3.63, 3.8) is 0 Å². The van der Waals surface area contributed by atoms with E-state index in [1.807, 2.05) is 6.26 Å². The molecule has 11 heavy (non-hydrogen) atoms. The normalized spacial score (nSPS) is 23.5. The van der Waals surface area contributed by atoms with Gasteiger partial charge in [-0.15, -0.1) is 0 Å². The number of aliphatic hydroxyl groups excluding tert-OH is 1. The van der Waals surface area contributed by atoms with Crippen LogP contribution in [-0.4, -0.2) is 36.4 Å². The molecule has 1 rings (SSSR count). The summed E-state index contributed by atoms with van der Waals surface area (Å²) in [5.74, 6) is 1.35. The molecule has 0 aromatic heterocycles. The lowest BCUT2D eigenvalue weighted by atomic mass is 9.95. The number of thioether (sulfide) groups is 1. The number of ether oxygens (including phenoxy) is 1. The molecule has 0 radical (unpaired) electrons. The zero-order valence-electron chi connectivity index (χ0n) is 6.95. The molecular weight excluding hydrogens is 160 g/mol. The molecule has 1 atom stereocenters. The van der Waals surface area contributed by atoms with Gasteiger partial charge in [0, 0.05) is 19.0 Å². The summed E-state index contributed by atoms with van der Waals surface area (Å²) < 4.78 is 5.21. The molecule has 0 aliphatic carbocycles. The Bertz CT molecular complexity index is 102. The summed E-state index contributed by atoms with van der Waals surface area (Å²) in [4.78, 5) is 0. The molecule has 2 nitrogen and oxygen atoms in total. The van der Waals surface area contributed by atoms with Crippen LogP contribution < -0.4 is 0 Å². The monoisotopic (exact) mass is 176 g/mol. The van der Waals surface area contributed by atoms with E-state index in [1.165, 1.54) is 0 Å². The average Bonchev–Trinajstić information content (AvgIpc) is 2.07. The summed E-state index contributed by atoms with van der Waals surface area (Å²) in [5, 5.41) is 9.60. The van der Waals surface area contributed by atoms with Gasteiger partial charge in [0.15, 0.2) is 0 Å². The first kappa shape index (κ1) is 9.36. The highest BCUT2D eigenvalue weighted by molar-refractivity contribution is 7.98. The van der Waals surface area contributed by atoms with Crippen LogP contribution in [0.3, 0.4) is 0 Å². The highest BCUT2D eigenvalue weighted by atomic mass is 32.2. The van der Waals surface area contributed by atoms with Gasteiger partial charge in [0.1, 0.15) is 0 Å². The number of hydrogen-bond donors (Lipinski definition) is 1. The Morgan fingerprint density at radius 1 is 1.55 bits per heavy atom. The van der Waals surface area contributed by atoms with E-state index in [2.05, 4.69) is 0 Å². The third-order valence-corrected chi connectivity index (χ3v) is 2.82. The fourth-order valence-electron chi connectivity index (χ4n) is 1.41. The third kappa shape index (κ3) is 3.01. The predicted molar refractivity (Wildman–Crippen MR) is 47.9 cm³/mol. The topological polar surface area (TPSA) is 29.5 Å². The SMILES string of the molecule is CSCC(O)C1CCOCC1. The van der Waals surface area contributed by atoms with Gasteiger partial charge in [-0.2, -0.15) is 11.8 Å². The van der Waals surface area contributed by atoms with Crippen molar-refractivity contribution in [2.24, 2.45) is 5.92 Å². The van der Waals surface area contributed by atoms with Crippen molar-refractivity contribution in [3.8, 4) is 0 Å². The van der Waals surface area contributed by atoms with Crippen molar-refractivity contribution in [3.05, 3.63) is 0 Å². The van der Waals surface area contributed by atoms with Crippen LogP contribution in [0.25, 0.3) is 0 Å². The van der Waals surface area contributed by atoms with E-state index >= 15 is 0 Å². The van der Waals surface area contributed by atoms with Gasteiger partial charge in [0.2, 0.25) is 0 Å². The largest absolute Gasteiger partial charge is 0.392 e. The fourth-order valence-corrected chi connectivity index (χ4v) is 2.02.